The third-order valence-corrected chi connectivity index (χ3v) is 4.62. The molecule has 2 heterocycles. The molecule has 0 saturated carbocycles. The number of nitrogens with zero attached hydrogens (tertiary/aromatic N) is 3. The van der Waals surface area contributed by atoms with E-state index < -0.39 is 0 Å². The molecule has 4 nitrogen and oxygen atoms in total. The summed E-state index contributed by atoms with van der Waals surface area (Å²) in [7, 11) is 0. The summed E-state index contributed by atoms with van der Waals surface area (Å²) in [6, 6.07) is 8.36. The van der Waals surface area contributed by atoms with Gasteiger partial charge >= 0.3 is 0 Å². The zero-order valence-corrected chi connectivity index (χ0v) is 14.3. The van der Waals surface area contributed by atoms with Crippen LogP contribution in [0.15, 0.2) is 36.5 Å². The van der Waals surface area contributed by atoms with Crippen molar-refractivity contribution in [2.75, 3.05) is 26.2 Å². The number of hydrogen-bond acceptors (Lipinski definition) is 3. The minimum absolute atomic E-state index is 0.00826. The van der Waals surface area contributed by atoms with E-state index in [2.05, 4.69) is 9.88 Å². The van der Waals surface area contributed by atoms with Gasteiger partial charge in [-0.25, -0.2) is 4.39 Å². The molecule has 24 heavy (non-hydrogen) atoms. The number of rotatable bonds is 3. The Morgan fingerprint density at radius 2 is 1.96 bits per heavy atom. The van der Waals surface area contributed by atoms with Crippen molar-refractivity contribution in [3.05, 3.63) is 64.2 Å². The number of aromatic nitrogens is 1. The molecule has 1 aromatic heterocycles. The van der Waals surface area contributed by atoms with Crippen molar-refractivity contribution in [3.63, 3.8) is 0 Å². The Morgan fingerprint density at radius 3 is 2.58 bits per heavy atom. The highest BCUT2D eigenvalue weighted by molar-refractivity contribution is 6.31. The smallest absolute Gasteiger partial charge is 0.255 e. The molecule has 1 aromatic carbocycles. The Labute approximate surface area is 145 Å². The van der Waals surface area contributed by atoms with Gasteiger partial charge in [0, 0.05) is 55.2 Å². The number of benzene rings is 1. The highest BCUT2D eigenvalue weighted by Crippen LogP contribution is 2.21. The predicted molar refractivity (Wildman–Crippen MR) is 91.6 cm³/mol. The van der Waals surface area contributed by atoms with Gasteiger partial charge in [0.25, 0.3) is 5.91 Å². The third-order valence-electron chi connectivity index (χ3n) is 4.26. The molecular weight excluding hydrogens is 329 g/mol. The molecular formula is C18H19ClFN3O. The average Bonchev–Trinajstić information content (AvgIpc) is 2.59. The lowest BCUT2D eigenvalue weighted by molar-refractivity contribution is 0.0626. The molecule has 0 N–H and O–H groups in total. The summed E-state index contributed by atoms with van der Waals surface area (Å²) in [6.07, 6.45) is 1.61. The van der Waals surface area contributed by atoms with Crippen LogP contribution < -0.4 is 0 Å². The van der Waals surface area contributed by atoms with Crippen LogP contribution in [-0.2, 0) is 6.54 Å². The number of halogens is 2. The first kappa shape index (κ1) is 16.9. The molecule has 126 valence electrons. The van der Waals surface area contributed by atoms with Crippen LogP contribution in [0.5, 0.6) is 0 Å². The van der Waals surface area contributed by atoms with Crippen molar-refractivity contribution in [2.45, 2.75) is 13.5 Å². The molecule has 0 spiro atoms. The largest absolute Gasteiger partial charge is 0.336 e. The van der Waals surface area contributed by atoms with E-state index in [1.807, 2.05) is 17.9 Å². The van der Waals surface area contributed by atoms with Crippen molar-refractivity contribution in [3.8, 4) is 0 Å². The Morgan fingerprint density at radius 1 is 1.21 bits per heavy atom. The van der Waals surface area contributed by atoms with Gasteiger partial charge < -0.3 is 4.90 Å². The maximum absolute atomic E-state index is 13.9. The molecule has 1 saturated heterocycles. The summed E-state index contributed by atoms with van der Waals surface area (Å²) in [5.41, 5.74) is 2.01. The van der Waals surface area contributed by atoms with E-state index in [1.54, 1.807) is 24.4 Å². The number of hydrogen-bond donors (Lipinski definition) is 0. The van der Waals surface area contributed by atoms with Crippen molar-refractivity contribution < 1.29 is 9.18 Å². The summed E-state index contributed by atoms with van der Waals surface area (Å²) in [4.78, 5) is 20.6. The van der Waals surface area contributed by atoms with Crippen molar-refractivity contribution in [1.29, 1.82) is 0 Å². The second-order valence-corrected chi connectivity index (χ2v) is 6.36. The van der Waals surface area contributed by atoms with Gasteiger partial charge in [0.15, 0.2) is 0 Å². The lowest BCUT2D eigenvalue weighted by atomic mass is 10.1. The van der Waals surface area contributed by atoms with Gasteiger partial charge in [0.2, 0.25) is 0 Å². The molecule has 0 radical (unpaired) electrons. The standard InChI is InChI=1S/C18H19ClFN3O/c1-13-5-6-14(11-21-13)18(24)23-9-7-22(8-10-23)12-15-16(19)3-2-4-17(15)20/h2-6,11H,7-10,12H2,1H3. The predicted octanol–water partition coefficient (Wildman–Crippen LogP) is 3.14. The fraction of sp³-hybridized carbons (Fsp3) is 0.333. The van der Waals surface area contributed by atoms with Crippen LogP contribution in [0.2, 0.25) is 5.02 Å². The van der Waals surface area contributed by atoms with E-state index >= 15 is 0 Å². The van der Waals surface area contributed by atoms with Crippen molar-refractivity contribution in [2.24, 2.45) is 0 Å². The molecule has 1 aliphatic rings. The SMILES string of the molecule is Cc1ccc(C(=O)N2CCN(Cc3c(F)cccc3Cl)CC2)cn1. The second kappa shape index (κ2) is 7.28. The van der Waals surface area contributed by atoms with Crippen LogP contribution >= 0.6 is 11.6 Å². The van der Waals surface area contributed by atoms with E-state index in [1.165, 1.54) is 6.07 Å². The van der Waals surface area contributed by atoms with Crippen LogP contribution in [0, 0.1) is 12.7 Å². The third kappa shape index (κ3) is 3.74. The molecule has 6 heteroatoms. The minimum Gasteiger partial charge on any atom is -0.336 e. The van der Waals surface area contributed by atoms with Gasteiger partial charge in [-0.15, -0.1) is 0 Å². The van der Waals surface area contributed by atoms with Crippen LogP contribution in [-0.4, -0.2) is 46.9 Å². The molecule has 0 unspecified atom stereocenters. The summed E-state index contributed by atoms with van der Waals surface area (Å²) < 4.78 is 13.9. The first-order chi connectivity index (χ1) is 11.5. The van der Waals surface area contributed by atoms with Crippen molar-refractivity contribution >= 4 is 17.5 Å². The van der Waals surface area contributed by atoms with Crippen LogP contribution in [0.4, 0.5) is 4.39 Å². The van der Waals surface area contributed by atoms with E-state index in [9.17, 15) is 9.18 Å². The maximum atomic E-state index is 13.9. The summed E-state index contributed by atoms with van der Waals surface area (Å²) in [5.74, 6) is -0.294. The lowest BCUT2D eigenvalue weighted by Crippen LogP contribution is -2.48. The number of carbonyl (C=O) groups is 1. The molecule has 0 bridgehead atoms. The number of pyridine rings is 1. The summed E-state index contributed by atoms with van der Waals surface area (Å²) >= 11 is 6.08. The minimum atomic E-state index is -0.285. The molecule has 1 aliphatic heterocycles. The fourth-order valence-corrected chi connectivity index (χ4v) is 3.02. The molecule has 2 aromatic rings. The zero-order valence-electron chi connectivity index (χ0n) is 13.5. The van der Waals surface area contributed by atoms with Crippen LogP contribution in [0.25, 0.3) is 0 Å². The molecule has 1 amide bonds. The number of carbonyl (C=O) groups excluding carboxylic acids is 1. The fourth-order valence-electron chi connectivity index (χ4n) is 2.79. The zero-order chi connectivity index (χ0) is 17.1. The Bertz CT molecular complexity index is 707. The van der Waals surface area contributed by atoms with E-state index in [-0.39, 0.29) is 11.7 Å². The maximum Gasteiger partial charge on any atom is 0.255 e. The van der Waals surface area contributed by atoms with Crippen LogP contribution in [0.1, 0.15) is 21.6 Å². The molecule has 1 fully saturated rings. The number of piperazine rings is 1. The highest BCUT2D eigenvalue weighted by Gasteiger charge is 2.23. The lowest BCUT2D eigenvalue weighted by Gasteiger charge is -2.35. The van der Waals surface area contributed by atoms with E-state index in [0.717, 1.165) is 5.69 Å². The van der Waals surface area contributed by atoms with E-state index in [0.29, 0.717) is 48.9 Å². The summed E-state index contributed by atoms with van der Waals surface area (Å²) in [6.45, 7) is 4.95. The quantitative estimate of drug-likeness (QED) is 0.855. The van der Waals surface area contributed by atoms with Gasteiger partial charge in [0.1, 0.15) is 5.82 Å². The Balaban J connectivity index is 1.59. The van der Waals surface area contributed by atoms with Crippen LogP contribution in [0.3, 0.4) is 0 Å². The van der Waals surface area contributed by atoms with Gasteiger partial charge in [-0.3, -0.25) is 14.7 Å². The summed E-state index contributed by atoms with van der Waals surface area (Å²) in [5, 5.41) is 0.444. The Hall–Kier alpha value is -1.98. The van der Waals surface area contributed by atoms with Crippen molar-refractivity contribution in [1.82, 2.24) is 14.8 Å². The number of aryl methyl sites for hydroxylation is 1. The highest BCUT2D eigenvalue weighted by atomic mass is 35.5. The second-order valence-electron chi connectivity index (χ2n) is 5.96. The molecule has 3 rings (SSSR count). The molecule has 0 aliphatic carbocycles. The molecule has 0 atom stereocenters. The normalized spacial score (nSPS) is 15.5. The number of amides is 1. The van der Waals surface area contributed by atoms with Gasteiger partial charge in [-0.05, 0) is 31.2 Å². The Kier molecular flexibility index (Phi) is 5.11. The first-order valence-corrected chi connectivity index (χ1v) is 8.29. The average molecular weight is 348 g/mol. The monoisotopic (exact) mass is 347 g/mol. The van der Waals surface area contributed by atoms with Gasteiger partial charge in [0.05, 0.1) is 5.56 Å². The van der Waals surface area contributed by atoms with Gasteiger partial charge in [-0.1, -0.05) is 17.7 Å². The van der Waals surface area contributed by atoms with E-state index in [4.69, 9.17) is 11.6 Å². The topological polar surface area (TPSA) is 36.4 Å². The first-order valence-electron chi connectivity index (χ1n) is 7.92. The van der Waals surface area contributed by atoms with Gasteiger partial charge in [-0.2, -0.15) is 0 Å².